The second kappa shape index (κ2) is 7.77. The van der Waals surface area contributed by atoms with Gasteiger partial charge < -0.3 is 5.32 Å². The maximum absolute atomic E-state index is 12.4. The van der Waals surface area contributed by atoms with Crippen LogP contribution >= 0.6 is 0 Å². The predicted octanol–water partition coefficient (Wildman–Crippen LogP) is 3.20. The van der Waals surface area contributed by atoms with Crippen LogP contribution in [0.1, 0.15) is 57.8 Å². The second-order valence-electron chi connectivity index (χ2n) is 6.93. The molecule has 0 radical (unpaired) electrons. The van der Waals surface area contributed by atoms with Gasteiger partial charge >= 0.3 is 0 Å². The lowest BCUT2D eigenvalue weighted by molar-refractivity contribution is 0.227. The number of rotatable bonds is 5. The van der Waals surface area contributed by atoms with Gasteiger partial charge in [-0.25, -0.2) is 13.1 Å². The van der Waals surface area contributed by atoms with Crippen LogP contribution in [-0.2, 0) is 10.0 Å². The normalized spacial score (nSPS) is 27.0. The van der Waals surface area contributed by atoms with Gasteiger partial charge in [0.05, 0.1) is 4.90 Å². The van der Waals surface area contributed by atoms with Crippen molar-refractivity contribution in [3.63, 3.8) is 0 Å². The Bertz CT molecular complexity index is 580. The Labute approximate surface area is 140 Å². The quantitative estimate of drug-likeness (QED) is 0.868. The highest BCUT2D eigenvalue weighted by atomic mass is 32.2. The first-order valence-electron chi connectivity index (χ1n) is 8.98. The van der Waals surface area contributed by atoms with Gasteiger partial charge in [0.15, 0.2) is 0 Å². The van der Waals surface area contributed by atoms with Gasteiger partial charge in [-0.05, 0) is 37.8 Å². The van der Waals surface area contributed by atoms with E-state index in [0.717, 1.165) is 12.8 Å². The number of hydrogen-bond donors (Lipinski definition) is 2. The van der Waals surface area contributed by atoms with E-state index in [1.165, 1.54) is 44.9 Å². The van der Waals surface area contributed by atoms with E-state index >= 15 is 0 Å². The summed E-state index contributed by atoms with van der Waals surface area (Å²) in [4.78, 5) is 0.358. The average molecular weight is 337 g/mol. The van der Waals surface area contributed by atoms with Crippen LogP contribution in [0.5, 0.6) is 0 Å². The van der Waals surface area contributed by atoms with Crippen molar-refractivity contribution in [1.29, 1.82) is 0 Å². The number of benzene rings is 1. The van der Waals surface area contributed by atoms with E-state index in [1.54, 1.807) is 24.3 Å². The minimum absolute atomic E-state index is 0.0330. The van der Waals surface area contributed by atoms with E-state index in [4.69, 9.17) is 0 Å². The monoisotopic (exact) mass is 336 g/mol. The molecule has 1 aromatic rings. The van der Waals surface area contributed by atoms with E-state index < -0.39 is 10.0 Å². The highest BCUT2D eigenvalue weighted by molar-refractivity contribution is 7.89. The molecule has 0 heterocycles. The van der Waals surface area contributed by atoms with Crippen LogP contribution in [0.4, 0.5) is 0 Å². The fourth-order valence-corrected chi connectivity index (χ4v) is 4.97. The molecule has 1 aromatic carbocycles. The summed E-state index contributed by atoms with van der Waals surface area (Å²) in [6.07, 6.45) is 11.1. The first-order chi connectivity index (χ1) is 11.1. The van der Waals surface area contributed by atoms with E-state index in [9.17, 15) is 8.42 Å². The van der Waals surface area contributed by atoms with Crippen LogP contribution in [0.3, 0.4) is 0 Å². The topological polar surface area (TPSA) is 58.2 Å². The molecule has 4 nitrogen and oxygen atoms in total. The van der Waals surface area contributed by atoms with E-state index in [-0.39, 0.29) is 12.1 Å². The predicted molar refractivity (Wildman–Crippen MR) is 92.8 cm³/mol. The molecule has 2 saturated carbocycles. The zero-order valence-corrected chi connectivity index (χ0v) is 14.5. The standard InChI is InChI=1S/C18H28N2O2S/c21-23(22,16-11-7-4-8-12-16)20-18-14-13-17(18)19-15-9-5-2-1-3-6-10-15/h4,7-8,11-12,15,17-20H,1-3,5-6,9-10,13-14H2. The second-order valence-corrected chi connectivity index (χ2v) is 8.65. The third kappa shape index (κ3) is 4.55. The van der Waals surface area contributed by atoms with Crippen molar-refractivity contribution in [2.75, 3.05) is 0 Å². The average Bonchev–Trinajstić information content (AvgIpc) is 2.51. The minimum Gasteiger partial charge on any atom is -0.310 e. The highest BCUT2D eigenvalue weighted by Crippen LogP contribution is 2.25. The van der Waals surface area contributed by atoms with Crippen LogP contribution in [0.25, 0.3) is 0 Å². The summed E-state index contributed by atoms with van der Waals surface area (Å²) in [6.45, 7) is 0. The fourth-order valence-electron chi connectivity index (χ4n) is 3.63. The zero-order valence-electron chi connectivity index (χ0n) is 13.7. The summed E-state index contributed by atoms with van der Waals surface area (Å²) < 4.78 is 27.8. The maximum atomic E-state index is 12.4. The van der Waals surface area contributed by atoms with Gasteiger partial charge in [0.2, 0.25) is 10.0 Å². The lowest BCUT2D eigenvalue weighted by atomic mass is 9.85. The molecule has 0 bridgehead atoms. The van der Waals surface area contributed by atoms with Gasteiger partial charge in [-0.2, -0.15) is 0 Å². The van der Waals surface area contributed by atoms with Crippen molar-refractivity contribution < 1.29 is 8.42 Å². The molecular formula is C18H28N2O2S. The Kier molecular flexibility index (Phi) is 5.72. The van der Waals surface area contributed by atoms with E-state index in [2.05, 4.69) is 10.0 Å². The number of sulfonamides is 1. The van der Waals surface area contributed by atoms with E-state index in [0.29, 0.717) is 10.9 Å². The Balaban J connectivity index is 1.55. The summed E-state index contributed by atoms with van der Waals surface area (Å²) >= 11 is 0. The Morgan fingerprint density at radius 1 is 0.783 bits per heavy atom. The molecule has 2 aliphatic rings. The van der Waals surface area contributed by atoms with Gasteiger partial charge in [-0.15, -0.1) is 0 Å². The molecule has 0 saturated heterocycles. The molecule has 0 amide bonds. The van der Waals surface area contributed by atoms with Crippen LogP contribution in [0.15, 0.2) is 35.2 Å². The summed E-state index contributed by atoms with van der Waals surface area (Å²) in [6, 6.07) is 9.55. The molecule has 2 unspecified atom stereocenters. The molecule has 0 spiro atoms. The van der Waals surface area contributed by atoms with Crippen LogP contribution in [0, 0.1) is 0 Å². The van der Waals surface area contributed by atoms with Crippen LogP contribution in [0.2, 0.25) is 0 Å². The first-order valence-corrected chi connectivity index (χ1v) is 10.5. The van der Waals surface area contributed by atoms with Crippen molar-refractivity contribution in [3.8, 4) is 0 Å². The maximum Gasteiger partial charge on any atom is 0.240 e. The third-order valence-corrected chi connectivity index (χ3v) is 6.70. The Morgan fingerprint density at radius 3 is 2.00 bits per heavy atom. The summed E-state index contributed by atoms with van der Waals surface area (Å²) in [5.74, 6) is 0. The Morgan fingerprint density at radius 2 is 1.39 bits per heavy atom. The SMILES string of the molecule is O=S(=O)(NC1CCC1NC1CCCCCCC1)c1ccccc1. The minimum atomic E-state index is -3.40. The molecule has 0 aromatic heterocycles. The van der Waals surface area contributed by atoms with Crippen molar-refractivity contribution in [2.24, 2.45) is 0 Å². The van der Waals surface area contributed by atoms with Gasteiger partial charge in [0.1, 0.15) is 0 Å². The summed E-state index contributed by atoms with van der Waals surface area (Å²) in [5, 5.41) is 3.72. The van der Waals surface area contributed by atoms with Gasteiger partial charge in [0.25, 0.3) is 0 Å². The zero-order chi connectivity index (χ0) is 16.1. The molecule has 2 N–H and O–H groups in total. The molecular weight excluding hydrogens is 308 g/mol. The van der Waals surface area contributed by atoms with Crippen molar-refractivity contribution in [2.45, 2.75) is 80.8 Å². The van der Waals surface area contributed by atoms with Crippen LogP contribution in [-0.4, -0.2) is 26.5 Å². The number of nitrogens with one attached hydrogen (secondary N) is 2. The first kappa shape index (κ1) is 16.9. The molecule has 128 valence electrons. The molecule has 3 rings (SSSR count). The molecule has 2 atom stereocenters. The lowest BCUT2D eigenvalue weighted by Crippen LogP contribution is -2.58. The van der Waals surface area contributed by atoms with Gasteiger partial charge in [0, 0.05) is 18.1 Å². The summed E-state index contributed by atoms with van der Waals surface area (Å²) in [7, 11) is -3.40. The van der Waals surface area contributed by atoms with Crippen molar-refractivity contribution >= 4 is 10.0 Å². The fraction of sp³-hybridized carbons (Fsp3) is 0.667. The number of hydrogen-bond acceptors (Lipinski definition) is 3. The molecule has 2 aliphatic carbocycles. The van der Waals surface area contributed by atoms with Crippen molar-refractivity contribution in [3.05, 3.63) is 30.3 Å². The van der Waals surface area contributed by atoms with Crippen LogP contribution < -0.4 is 10.0 Å². The molecule has 5 heteroatoms. The molecule has 23 heavy (non-hydrogen) atoms. The Hall–Kier alpha value is -0.910. The largest absolute Gasteiger partial charge is 0.310 e. The smallest absolute Gasteiger partial charge is 0.240 e. The molecule has 2 fully saturated rings. The third-order valence-electron chi connectivity index (χ3n) is 5.19. The molecule has 0 aliphatic heterocycles. The van der Waals surface area contributed by atoms with Crippen molar-refractivity contribution in [1.82, 2.24) is 10.0 Å². The van der Waals surface area contributed by atoms with Gasteiger partial charge in [-0.3, -0.25) is 0 Å². The van der Waals surface area contributed by atoms with E-state index in [1.807, 2.05) is 6.07 Å². The summed E-state index contributed by atoms with van der Waals surface area (Å²) in [5.41, 5.74) is 0. The highest BCUT2D eigenvalue weighted by Gasteiger charge is 2.35. The van der Waals surface area contributed by atoms with Gasteiger partial charge in [-0.1, -0.05) is 50.3 Å². The lowest BCUT2D eigenvalue weighted by Gasteiger charge is -2.40.